The molecule has 25 heavy (non-hydrogen) atoms. The van der Waals surface area contributed by atoms with Crippen LogP contribution >= 0.6 is 12.4 Å². The lowest BCUT2D eigenvalue weighted by molar-refractivity contribution is 0.0521. The average molecular weight is 361 g/mol. The van der Waals surface area contributed by atoms with Gasteiger partial charge in [-0.05, 0) is 42.3 Å². The van der Waals surface area contributed by atoms with E-state index in [0.717, 1.165) is 35.7 Å². The zero-order valence-electron chi connectivity index (χ0n) is 14.0. The largest absolute Gasteiger partial charge is 0.486 e. The number of para-hydroxylation sites is 2. The number of likely N-dealkylation sites (N-methyl/N-ethyl adjacent to an activating group) is 1. The molecule has 2 aromatic rings. The molecule has 0 radical (unpaired) electrons. The highest BCUT2D eigenvalue weighted by atomic mass is 35.5. The molecule has 1 N–H and O–H groups in total. The van der Waals surface area contributed by atoms with Crippen molar-refractivity contribution in [3.05, 3.63) is 53.6 Å². The van der Waals surface area contributed by atoms with Gasteiger partial charge in [0.1, 0.15) is 6.61 Å². The molecule has 0 saturated carbocycles. The van der Waals surface area contributed by atoms with Gasteiger partial charge in [-0.1, -0.05) is 12.1 Å². The van der Waals surface area contributed by atoms with Gasteiger partial charge in [-0.3, -0.25) is 4.79 Å². The first kappa shape index (κ1) is 17.4. The van der Waals surface area contributed by atoms with E-state index in [-0.39, 0.29) is 24.4 Å². The first-order chi connectivity index (χ1) is 11.7. The van der Waals surface area contributed by atoms with Crippen LogP contribution in [0.2, 0.25) is 0 Å². The van der Waals surface area contributed by atoms with Crippen LogP contribution in [0.5, 0.6) is 11.5 Å². The van der Waals surface area contributed by atoms with Crippen molar-refractivity contribution < 1.29 is 14.3 Å². The van der Waals surface area contributed by atoms with Gasteiger partial charge in [-0.2, -0.15) is 0 Å². The summed E-state index contributed by atoms with van der Waals surface area (Å²) in [7, 11) is 1.80. The van der Waals surface area contributed by atoms with Gasteiger partial charge in [-0.25, -0.2) is 0 Å². The van der Waals surface area contributed by atoms with Crippen LogP contribution in [0.25, 0.3) is 0 Å². The molecule has 1 unspecified atom stereocenters. The number of carbonyl (C=O) groups excluding carboxylic acids is 1. The predicted octanol–water partition coefficient (Wildman–Crippen LogP) is 2.99. The summed E-state index contributed by atoms with van der Waals surface area (Å²) in [6, 6.07) is 13.5. The Hall–Kier alpha value is -2.40. The van der Waals surface area contributed by atoms with Crippen LogP contribution < -0.4 is 14.8 Å². The van der Waals surface area contributed by atoms with E-state index in [2.05, 4.69) is 5.32 Å². The minimum absolute atomic E-state index is 0. The summed E-state index contributed by atoms with van der Waals surface area (Å²) in [5.41, 5.74) is 3.06. The molecular formula is C19H21ClN2O3. The maximum atomic E-state index is 12.7. The molecule has 4 rings (SSSR count). The fourth-order valence-corrected chi connectivity index (χ4v) is 3.20. The second-order valence-corrected chi connectivity index (χ2v) is 6.23. The monoisotopic (exact) mass is 360 g/mol. The Kier molecular flexibility index (Phi) is 5.04. The van der Waals surface area contributed by atoms with Gasteiger partial charge in [0.15, 0.2) is 17.6 Å². The van der Waals surface area contributed by atoms with Crippen molar-refractivity contribution in [2.24, 2.45) is 0 Å². The molecule has 5 nitrogen and oxygen atoms in total. The van der Waals surface area contributed by atoms with E-state index in [0.29, 0.717) is 13.2 Å². The van der Waals surface area contributed by atoms with E-state index < -0.39 is 0 Å². The van der Waals surface area contributed by atoms with Crippen LogP contribution in [0.4, 0.5) is 5.69 Å². The van der Waals surface area contributed by atoms with Crippen LogP contribution in [-0.4, -0.2) is 43.7 Å². The van der Waals surface area contributed by atoms with E-state index in [9.17, 15) is 4.79 Å². The second-order valence-electron chi connectivity index (χ2n) is 6.23. The molecule has 0 aromatic heterocycles. The molecule has 1 atom stereocenters. The number of halogens is 1. The number of hydrogen-bond donors (Lipinski definition) is 1. The SMILES string of the molecule is CN(CC1COc2ccccc2O1)C(=O)c1ccc2c(c1)CCN2.Cl. The van der Waals surface area contributed by atoms with Crippen molar-refractivity contribution in [1.29, 1.82) is 0 Å². The maximum Gasteiger partial charge on any atom is 0.253 e. The standard InChI is InChI=1S/C19H20N2O3.ClH/c1-21(11-15-12-23-17-4-2-3-5-18(17)24-15)19(22)14-6-7-16-13(10-14)8-9-20-16;/h2-7,10,15,20H,8-9,11-12H2,1H3;1H. The van der Waals surface area contributed by atoms with Crippen LogP contribution in [0.1, 0.15) is 15.9 Å². The minimum Gasteiger partial charge on any atom is -0.486 e. The molecule has 1 amide bonds. The minimum atomic E-state index is -0.162. The number of benzene rings is 2. The highest BCUT2D eigenvalue weighted by Gasteiger charge is 2.24. The number of anilines is 1. The van der Waals surface area contributed by atoms with Gasteiger partial charge in [-0.15, -0.1) is 12.4 Å². The highest BCUT2D eigenvalue weighted by Crippen LogP contribution is 2.31. The summed E-state index contributed by atoms with van der Waals surface area (Å²) >= 11 is 0. The number of carbonyl (C=O) groups is 1. The highest BCUT2D eigenvalue weighted by molar-refractivity contribution is 5.95. The smallest absolute Gasteiger partial charge is 0.253 e. The van der Waals surface area contributed by atoms with Gasteiger partial charge in [0.25, 0.3) is 5.91 Å². The third-order valence-electron chi connectivity index (χ3n) is 4.45. The van der Waals surface area contributed by atoms with Crippen LogP contribution in [-0.2, 0) is 6.42 Å². The normalized spacial score (nSPS) is 17.1. The number of nitrogens with one attached hydrogen (secondary N) is 1. The average Bonchev–Trinajstić information content (AvgIpc) is 3.08. The maximum absolute atomic E-state index is 12.7. The number of hydrogen-bond acceptors (Lipinski definition) is 4. The quantitative estimate of drug-likeness (QED) is 0.914. The van der Waals surface area contributed by atoms with E-state index in [4.69, 9.17) is 9.47 Å². The Labute approximate surface area is 153 Å². The molecule has 2 aromatic carbocycles. The summed E-state index contributed by atoms with van der Waals surface area (Å²) in [4.78, 5) is 14.4. The predicted molar refractivity (Wildman–Crippen MR) is 99.2 cm³/mol. The second kappa shape index (κ2) is 7.23. The summed E-state index contributed by atoms with van der Waals surface area (Å²) in [5.74, 6) is 1.50. The number of fused-ring (bicyclic) bond motifs is 2. The topological polar surface area (TPSA) is 50.8 Å². The van der Waals surface area contributed by atoms with Crippen LogP contribution in [0.15, 0.2) is 42.5 Å². The lowest BCUT2D eigenvalue weighted by Gasteiger charge is -2.29. The Morgan fingerprint density at radius 2 is 2.04 bits per heavy atom. The molecule has 2 aliphatic heterocycles. The lowest BCUT2D eigenvalue weighted by Crippen LogP contribution is -2.41. The van der Waals surface area contributed by atoms with Crippen LogP contribution in [0, 0.1) is 0 Å². The zero-order valence-corrected chi connectivity index (χ0v) is 14.8. The zero-order chi connectivity index (χ0) is 16.5. The third kappa shape index (κ3) is 3.51. The fourth-order valence-electron chi connectivity index (χ4n) is 3.20. The molecule has 0 aliphatic carbocycles. The van der Waals surface area contributed by atoms with Gasteiger partial charge < -0.3 is 19.7 Å². The lowest BCUT2D eigenvalue weighted by atomic mass is 10.1. The van der Waals surface area contributed by atoms with Gasteiger partial charge in [0.05, 0.1) is 6.54 Å². The summed E-state index contributed by atoms with van der Waals surface area (Å²) in [6.07, 6.45) is 0.807. The van der Waals surface area contributed by atoms with E-state index >= 15 is 0 Å². The van der Waals surface area contributed by atoms with Crippen molar-refractivity contribution in [3.8, 4) is 11.5 Å². The Morgan fingerprint density at radius 1 is 1.24 bits per heavy atom. The van der Waals surface area contributed by atoms with Gasteiger partial charge in [0.2, 0.25) is 0 Å². The van der Waals surface area contributed by atoms with Gasteiger partial charge in [0, 0.05) is 24.8 Å². The van der Waals surface area contributed by atoms with E-state index in [1.54, 1.807) is 11.9 Å². The van der Waals surface area contributed by atoms with Crippen molar-refractivity contribution in [2.45, 2.75) is 12.5 Å². The Morgan fingerprint density at radius 3 is 2.88 bits per heavy atom. The Bertz CT molecular complexity index is 781. The molecule has 0 spiro atoms. The van der Waals surface area contributed by atoms with Crippen molar-refractivity contribution in [2.75, 3.05) is 32.1 Å². The summed E-state index contributed by atoms with van der Waals surface area (Å²) in [5, 5.41) is 3.31. The molecule has 2 aliphatic rings. The third-order valence-corrected chi connectivity index (χ3v) is 4.45. The number of rotatable bonds is 3. The first-order valence-electron chi connectivity index (χ1n) is 8.21. The summed E-state index contributed by atoms with van der Waals surface area (Å²) in [6.45, 7) is 1.88. The van der Waals surface area contributed by atoms with Crippen LogP contribution in [0.3, 0.4) is 0 Å². The van der Waals surface area contributed by atoms with Crippen molar-refractivity contribution in [1.82, 2.24) is 4.90 Å². The molecular weight excluding hydrogens is 340 g/mol. The Balaban J connectivity index is 0.00000182. The molecule has 0 fully saturated rings. The number of nitrogens with zero attached hydrogens (tertiary/aromatic N) is 1. The molecule has 6 heteroatoms. The summed E-state index contributed by atoms with van der Waals surface area (Å²) < 4.78 is 11.6. The first-order valence-corrected chi connectivity index (χ1v) is 8.21. The number of amides is 1. The van der Waals surface area contributed by atoms with Crippen molar-refractivity contribution in [3.63, 3.8) is 0 Å². The van der Waals surface area contributed by atoms with Gasteiger partial charge >= 0.3 is 0 Å². The van der Waals surface area contributed by atoms with E-state index in [1.807, 2.05) is 42.5 Å². The molecule has 2 heterocycles. The molecule has 0 bridgehead atoms. The molecule has 132 valence electrons. The van der Waals surface area contributed by atoms with E-state index in [1.165, 1.54) is 5.56 Å². The van der Waals surface area contributed by atoms with Crippen molar-refractivity contribution >= 4 is 24.0 Å². The number of ether oxygens (including phenoxy) is 2. The molecule has 0 saturated heterocycles. The fraction of sp³-hybridized carbons (Fsp3) is 0.316.